The summed E-state index contributed by atoms with van der Waals surface area (Å²) in [5, 5.41) is 2.43. The zero-order valence-corrected chi connectivity index (χ0v) is 9.02. The minimum atomic E-state index is -0.482. The van der Waals surface area contributed by atoms with Gasteiger partial charge in [0.15, 0.2) is 0 Å². The third-order valence-corrected chi connectivity index (χ3v) is 2.85. The van der Waals surface area contributed by atoms with Gasteiger partial charge in [-0.25, -0.2) is 0 Å². The molecule has 1 heterocycles. The lowest BCUT2D eigenvalue weighted by atomic mass is 9.94. The van der Waals surface area contributed by atoms with E-state index in [1.807, 2.05) is 13.8 Å². The molecule has 1 aliphatic rings. The molecule has 1 aliphatic heterocycles. The van der Waals surface area contributed by atoms with Crippen LogP contribution in [0.5, 0.6) is 0 Å². The van der Waals surface area contributed by atoms with Crippen LogP contribution in [0, 0.1) is 0 Å². The Kier molecular flexibility index (Phi) is 3.19. The Balaban J connectivity index is 2.56. The predicted molar refractivity (Wildman–Crippen MR) is 51.9 cm³/mol. The molecule has 0 saturated carbocycles. The number of amides is 1. The number of carbonyl (C=O) groups is 1. The van der Waals surface area contributed by atoms with Gasteiger partial charge in [0.05, 0.1) is 11.6 Å². The van der Waals surface area contributed by atoms with Gasteiger partial charge in [-0.2, -0.15) is 0 Å². The third kappa shape index (κ3) is 2.35. The Morgan fingerprint density at radius 2 is 2.38 bits per heavy atom. The Morgan fingerprint density at radius 1 is 1.77 bits per heavy atom. The van der Waals surface area contributed by atoms with Gasteiger partial charge in [-0.15, -0.1) is 11.6 Å². The number of carbonyl (C=O) groups excluding carboxylic acids is 1. The van der Waals surface area contributed by atoms with Crippen molar-refractivity contribution in [2.45, 2.75) is 44.2 Å². The summed E-state index contributed by atoms with van der Waals surface area (Å²) in [6.07, 6.45) is 0.913. The highest BCUT2D eigenvalue weighted by Gasteiger charge is 2.38. The molecule has 0 aromatic carbocycles. The first-order chi connectivity index (χ1) is 5.96. The molecular formula is C9H16ClNO2. The van der Waals surface area contributed by atoms with Gasteiger partial charge < -0.3 is 10.1 Å². The van der Waals surface area contributed by atoms with Gasteiger partial charge >= 0.3 is 0 Å². The fourth-order valence-electron chi connectivity index (χ4n) is 1.38. The van der Waals surface area contributed by atoms with Crippen LogP contribution in [0.1, 0.15) is 27.2 Å². The summed E-state index contributed by atoms with van der Waals surface area (Å²) in [6.45, 7) is 6.32. The first-order valence-electron chi connectivity index (χ1n) is 4.53. The van der Waals surface area contributed by atoms with Gasteiger partial charge in [0.1, 0.15) is 5.38 Å². The van der Waals surface area contributed by atoms with Crippen molar-refractivity contribution in [1.29, 1.82) is 0 Å². The maximum absolute atomic E-state index is 11.4. The Bertz CT molecular complexity index is 208. The summed E-state index contributed by atoms with van der Waals surface area (Å²) in [5.74, 6) is -0.124. The lowest BCUT2D eigenvalue weighted by molar-refractivity contribution is -0.122. The van der Waals surface area contributed by atoms with Gasteiger partial charge in [-0.1, -0.05) is 0 Å². The van der Waals surface area contributed by atoms with Crippen molar-refractivity contribution >= 4 is 17.5 Å². The lowest BCUT2D eigenvalue weighted by Crippen LogP contribution is -2.52. The number of hydrogen-bond acceptors (Lipinski definition) is 2. The summed E-state index contributed by atoms with van der Waals surface area (Å²) in [6, 6.07) is 0. The molecule has 3 nitrogen and oxygen atoms in total. The molecule has 3 atom stereocenters. The molecule has 3 unspecified atom stereocenters. The first kappa shape index (κ1) is 10.8. The minimum Gasteiger partial charge on any atom is -0.376 e. The second kappa shape index (κ2) is 3.84. The predicted octanol–water partition coefficient (Wildman–Crippen LogP) is 1.30. The van der Waals surface area contributed by atoms with E-state index >= 15 is 0 Å². The molecule has 76 valence electrons. The van der Waals surface area contributed by atoms with E-state index in [0.29, 0.717) is 6.61 Å². The largest absolute Gasteiger partial charge is 0.376 e. The van der Waals surface area contributed by atoms with Crippen molar-refractivity contribution in [3.8, 4) is 0 Å². The molecular weight excluding hydrogens is 190 g/mol. The second-order valence-corrected chi connectivity index (χ2v) is 4.44. The maximum atomic E-state index is 11.4. The van der Waals surface area contributed by atoms with E-state index in [-0.39, 0.29) is 17.6 Å². The molecule has 1 fully saturated rings. The molecule has 0 aromatic heterocycles. The van der Waals surface area contributed by atoms with Crippen LogP contribution in [0.15, 0.2) is 0 Å². The summed E-state index contributed by atoms with van der Waals surface area (Å²) >= 11 is 5.66. The monoisotopic (exact) mass is 205 g/mol. The van der Waals surface area contributed by atoms with Gasteiger partial charge in [0.2, 0.25) is 5.91 Å². The quantitative estimate of drug-likeness (QED) is 0.691. The van der Waals surface area contributed by atoms with Gasteiger partial charge in [-0.3, -0.25) is 4.79 Å². The van der Waals surface area contributed by atoms with Crippen LogP contribution < -0.4 is 5.32 Å². The smallest absolute Gasteiger partial charge is 0.238 e. The molecule has 0 spiro atoms. The summed E-state index contributed by atoms with van der Waals surface area (Å²) < 4.78 is 5.39. The fraction of sp³-hybridized carbons (Fsp3) is 0.889. The molecule has 13 heavy (non-hydrogen) atoms. The van der Waals surface area contributed by atoms with Crippen molar-refractivity contribution in [3.05, 3.63) is 0 Å². The molecule has 4 heteroatoms. The third-order valence-electron chi connectivity index (χ3n) is 2.66. The van der Waals surface area contributed by atoms with Crippen molar-refractivity contribution in [3.63, 3.8) is 0 Å². The molecule has 0 bridgehead atoms. The highest BCUT2D eigenvalue weighted by Crippen LogP contribution is 2.25. The van der Waals surface area contributed by atoms with E-state index in [4.69, 9.17) is 16.3 Å². The van der Waals surface area contributed by atoms with Crippen molar-refractivity contribution in [2.24, 2.45) is 0 Å². The number of hydrogen-bond donors (Lipinski definition) is 1. The van der Waals surface area contributed by atoms with Crippen molar-refractivity contribution < 1.29 is 9.53 Å². The molecule has 0 radical (unpaired) electrons. The van der Waals surface area contributed by atoms with Crippen LogP contribution in [0.25, 0.3) is 0 Å². The maximum Gasteiger partial charge on any atom is 0.238 e. The summed E-state index contributed by atoms with van der Waals surface area (Å²) in [7, 11) is 0. The molecule has 0 aliphatic carbocycles. The molecule has 1 saturated heterocycles. The molecule has 1 N–H and O–H groups in total. The van der Waals surface area contributed by atoms with Gasteiger partial charge in [0.25, 0.3) is 0 Å². The van der Waals surface area contributed by atoms with Crippen LogP contribution in [-0.4, -0.2) is 29.5 Å². The Labute approximate surface area is 83.8 Å². The van der Waals surface area contributed by atoms with Crippen LogP contribution in [0.4, 0.5) is 0 Å². The number of halogens is 1. The molecule has 0 aromatic rings. The van der Waals surface area contributed by atoms with Crippen LogP contribution >= 0.6 is 11.6 Å². The Morgan fingerprint density at radius 3 is 2.77 bits per heavy atom. The topological polar surface area (TPSA) is 38.3 Å². The summed E-state index contributed by atoms with van der Waals surface area (Å²) in [5.41, 5.74) is -0.250. The van der Waals surface area contributed by atoms with E-state index in [1.165, 1.54) is 0 Å². The van der Waals surface area contributed by atoms with Crippen LogP contribution in [0.2, 0.25) is 0 Å². The minimum absolute atomic E-state index is 0.0619. The molecule has 1 amide bonds. The summed E-state index contributed by atoms with van der Waals surface area (Å²) in [4.78, 5) is 11.4. The number of rotatable bonds is 2. The SMILES string of the molecule is CC(Cl)C(=O)NC1(C)CCOC1C. The number of alkyl halides is 1. The van der Waals surface area contributed by atoms with Crippen LogP contribution in [-0.2, 0) is 9.53 Å². The highest BCUT2D eigenvalue weighted by molar-refractivity contribution is 6.30. The van der Waals surface area contributed by atoms with E-state index in [1.54, 1.807) is 6.92 Å². The zero-order valence-electron chi connectivity index (χ0n) is 8.26. The van der Waals surface area contributed by atoms with E-state index in [2.05, 4.69) is 5.32 Å². The average molecular weight is 206 g/mol. The van der Waals surface area contributed by atoms with Crippen LogP contribution in [0.3, 0.4) is 0 Å². The van der Waals surface area contributed by atoms with Crippen molar-refractivity contribution in [1.82, 2.24) is 5.32 Å². The zero-order chi connectivity index (χ0) is 10.1. The Hall–Kier alpha value is -0.280. The highest BCUT2D eigenvalue weighted by atomic mass is 35.5. The van der Waals surface area contributed by atoms with Gasteiger partial charge in [0, 0.05) is 6.61 Å². The standard InChI is InChI=1S/C9H16ClNO2/c1-6(10)8(12)11-9(3)4-5-13-7(9)2/h6-7H,4-5H2,1-3H3,(H,11,12). The fourth-order valence-corrected chi connectivity index (χ4v) is 1.43. The van der Waals surface area contributed by atoms with Crippen molar-refractivity contribution in [2.75, 3.05) is 6.61 Å². The van der Waals surface area contributed by atoms with E-state index < -0.39 is 5.38 Å². The van der Waals surface area contributed by atoms with E-state index in [9.17, 15) is 4.79 Å². The molecule has 1 rings (SSSR count). The normalized spacial score (nSPS) is 35.8. The average Bonchev–Trinajstić information content (AvgIpc) is 2.32. The van der Waals surface area contributed by atoms with E-state index in [0.717, 1.165) is 6.42 Å². The lowest BCUT2D eigenvalue weighted by Gasteiger charge is -2.29. The second-order valence-electron chi connectivity index (χ2n) is 3.79. The van der Waals surface area contributed by atoms with Gasteiger partial charge in [-0.05, 0) is 27.2 Å². The first-order valence-corrected chi connectivity index (χ1v) is 4.97. The number of nitrogens with one attached hydrogen (secondary N) is 1. The number of ether oxygens (including phenoxy) is 1.